The Morgan fingerprint density at radius 3 is 2.83 bits per heavy atom. The molecule has 1 amide bonds. The molecule has 0 aliphatic carbocycles. The number of ether oxygens (including phenoxy) is 1. The van der Waals surface area contributed by atoms with Crippen LogP contribution in [0.4, 0.5) is 5.95 Å². The molecule has 36 heavy (non-hydrogen) atoms. The highest BCUT2D eigenvalue weighted by Gasteiger charge is 2.18. The van der Waals surface area contributed by atoms with E-state index in [1.54, 1.807) is 24.3 Å². The van der Waals surface area contributed by atoms with Crippen molar-refractivity contribution in [2.75, 3.05) is 45.2 Å². The molecule has 188 valence electrons. The molecule has 3 N–H and O–H groups in total. The molecule has 4 aromatic rings. The van der Waals surface area contributed by atoms with Crippen LogP contribution in [0.3, 0.4) is 0 Å². The van der Waals surface area contributed by atoms with E-state index in [0.29, 0.717) is 48.6 Å². The van der Waals surface area contributed by atoms with E-state index in [-0.39, 0.29) is 5.69 Å². The smallest absolute Gasteiger partial charge is 0.276 e. The van der Waals surface area contributed by atoms with Crippen molar-refractivity contribution < 1.29 is 14.3 Å². The Bertz CT molecular complexity index is 1410. The van der Waals surface area contributed by atoms with Crippen LogP contribution in [0, 0.1) is 0 Å². The van der Waals surface area contributed by atoms with Crippen LogP contribution in [0.25, 0.3) is 22.1 Å². The van der Waals surface area contributed by atoms with Gasteiger partial charge in [0, 0.05) is 36.6 Å². The molecule has 0 unspecified atom stereocenters. The van der Waals surface area contributed by atoms with Crippen molar-refractivity contribution in [2.45, 2.75) is 19.5 Å². The number of carbonyl (C=O) groups is 2. The number of anilines is 1. The molecule has 0 radical (unpaired) electrons. The van der Waals surface area contributed by atoms with Crippen molar-refractivity contribution in [3.8, 4) is 0 Å². The van der Waals surface area contributed by atoms with E-state index in [0.717, 1.165) is 54.3 Å². The Kier molecular flexibility index (Phi) is 7.28. The van der Waals surface area contributed by atoms with Crippen molar-refractivity contribution in [1.29, 1.82) is 0 Å². The first-order valence-corrected chi connectivity index (χ1v) is 12.3. The predicted octanol–water partition coefficient (Wildman–Crippen LogP) is 3.07. The number of amides is 1. The zero-order valence-electron chi connectivity index (χ0n) is 20.0. The molecule has 1 aliphatic rings. The zero-order valence-corrected chi connectivity index (χ0v) is 20.8. The number of rotatable bonds is 9. The fraction of sp³-hybridized carbons (Fsp3) is 0.360. The number of aryl methyl sites for hydroxylation is 1. The molecule has 4 heterocycles. The quantitative estimate of drug-likeness (QED) is 0.234. The highest BCUT2D eigenvalue weighted by molar-refractivity contribution is 6.31. The van der Waals surface area contributed by atoms with Gasteiger partial charge in [0.05, 0.1) is 29.9 Å². The van der Waals surface area contributed by atoms with E-state index < -0.39 is 5.91 Å². The number of morpholine rings is 1. The van der Waals surface area contributed by atoms with Gasteiger partial charge < -0.3 is 19.6 Å². The lowest BCUT2D eigenvalue weighted by molar-refractivity contribution is 0.0343. The number of pyridine rings is 1. The van der Waals surface area contributed by atoms with E-state index in [2.05, 4.69) is 30.5 Å². The minimum atomic E-state index is -0.396. The molecule has 11 heteroatoms. The molecular formula is C25H28ClN7O3. The SMILES string of the molecule is CNCCCn1c(C=O)cc2ccc(C(=O)Nc3nc4c(CN5CCOCC5)cc(Cl)cc4[nH]3)nc21. The van der Waals surface area contributed by atoms with Gasteiger partial charge in [-0.1, -0.05) is 11.6 Å². The van der Waals surface area contributed by atoms with Gasteiger partial charge in [-0.25, -0.2) is 9.97 Å². The molecule has 3 aromatic heterocycles. The fourth-order valence-electron chi connectivity index (χ4n) is 4.52. The average molecular weight is 510 g/mol. The Morgan fingerprint density at radius 2 is 2.06 bits per heavy atom. The lowest BCUT2D eigenvalue weighted by atomic mass is 10.1. The molecule has 1 saturated heterocycles. The minimum Gasteiger partial charge on any atom is -0.379 e. The van der Waals surface area contributed by atoms with Crippen molar-refractivity contribution >= 4 is 51.8 Å². The van der Waals surface area contributed by atoms with Crippen LogP contribution >= 0.6 is 11.6 Å². The van der Waals surface area contributed by atoms with Crippen LogP contribution in [0.5, 0.6) is 0 Å². The standard InChI is InChI=1S/C25H28ClN7O3/c1-27-5-2-6-33-19(15-34)12-16-3-4-20(28-23(16)33)24(35)31-25-29-21-13-18(26)11-17(22(21)30-25)14-32-7-9-36-10-8-32/h3-4,11-13,15,27H,2,5-10,14H2,1H3,(H2,29,30,31,35). The number of benzene rings is 1. The number of aromatic amines is 1. The number of hydrogen-bond donors (Lipinski definition) is 3. The van der Waals surface area contributed by atoms with Gasteiger partial charge >= 0.3 is 0 Å². The summed E-state index contributed by atoms with van der Waals surface area (Å²) >= 11 is 6.36. The highest BCUT2D eigenvalue weighted by Crippen LogP contribution is 2.26. The Balaban J connectivity index is 1.39. The summed E-state index contributed by atoms with van der Waals surface area (Å²) < 4.78 is 7.29. The van der Waals surface area contributed by atoms with E-state index in [4.69, 9.17) is 16.3 Å². The first-order chi connectivity index (χ1) is 17.6. The number of imidazole rings is 1. The summed E-state index contributed by atoms with van der Waals surface area (Å²) in [5.41, 5.74) is 3.87. The van der Waals surface area contributed by atoms with E-state index in [1.807, 2.05) is 17.7 Å². The molecule has 0 bridgehead atoms. The first kappa shape index (κ1) is 24.4. The van der Waals surface area contributed by atoms with Crippen LogP contribution in [-0.4, -0.2) is 76.5 Å². The molecule has 1 aromatic carbocycles. The van der Waals surface area contributed by atoms with Gasteiger partial charge in [0.15, 0.2) is 6.29 Å². The third-order valence-electron chi connectivity index (χ3n) is 6.30. The molecule has 0 atom stereocenters. The largest absolute Gasteiger partial charge is 0.379 e. The summed E-state index contributed by atoms with van der Waals surface area (Å²) in [5, 5.41) is 7.33. The van der Waals surface area contributed by atoms with Gasteiger partial charge in [0.25, 0.3) is 5.91 Å². The molecule has 10 nitrogen and oxygen atoms in total. The van der Waals surface area contributed by atoms with E-state index >= 15 is 0 Å². The van der Waals surface area contributed by atoms with Crippen LogP contribution < -0.4 is 10.6 Å². The second-order valence-corrected chi connectivity index (χ2v) is 9.23. The van der Waals surface area contributed by atoms with Gasteiger partial charge in [-0.15, -0.1) is 0 Å². The van der Waals surface area contributed by atoms with Gasteiger partial charge in [-0.05, 0) is 55.9 Å². The summed E-state index contributed by atoms with van der Waals surface area (Å²) in [6.45, 7) is 5.22. The fourth-order valence-corrected chi connectivity index (χ4v) is 4.76. The van der Waals surface area contributed by atoms with E-state index in [1.165, 1.54) is 0 Å². The molecule has 5 rings (SSSR count). The maximum atomic E-state index is 13.1. The number of H-pyrrole nitrogens is 1. The predicted molar refractivity (Wildman–Crippen MR) is 139 cm³/mol. The Hall–Kier alpha value is -3.31. The summed E-state index contributed by atoms with van der Waals surface area (Å²) in [5.74, 6) is -0.0761. The summed E-state index contributed by atoms with van der Waals surface area (Å²) in [7, 11) is 1.88. The number of nitrogens with one attached hydrogen (secondary N) is 3. The number of nitrogens with zero attached hydrogens (tertiary/aromatic N) is 4. The topological polar surface area (TPSA) is 117 Å². The number of hydrogen-bond acceptors (Lipinski definition) is 7. The number of aromatic nitrogens is 4. The first-order valence-electron chi connectivity index (χ1n) is 12.0. The van der Waals surface area contributed by atoms with Crippen molar-refractivity contribution in [3.63, 3.8) is 0 Å². The molecule has 1 fully saturated rings. The van der Waals surface area contributed by atoms with Crippen LogP contribution in [-0.2, 0) is 17.8 Å². The van der Waals surface area contributed by atoms with Crippen LogP contribution in [0.1, 0.15) is 33.0 Å². The summed E-state index contributed by atoms with van der Waals surface area (Å²) in [6, 6.07) is 8.94. The summed E-state index contributed by atoms with van der Waals surface area (Å²) in [4.78, 5) is 39.3. The van der Waals surface area contributed by atoms with Gasteiger partial charge in [0.1, 0.15) is 11.3 Å². The zero-order chi connectivity index (χ0) is 25.1. The Morgan fingerprint density at radius 1 is 1.22 bits per heavy atom. The van der Waals surface area contributed by atoms with Gasteiger partial charge in [-0.2, -0.15) is 0 Å². The molecule has 0 spiro atoms. The highest BCUT2D eigenvalue weighted by atomic mass is 35.5. The molecule has 0 saturated carbocycles. The maximum Gasteiger partial charge on any atom is 0.276 e. The second kappa shape index (κ2) is 10.8. The monoisotopic (exact) mass is 509 g/mol. The number of fused-ring (bicyclic) bond motifs is 2. The van der Waals surface area contributed by atoms with E-state index in [9.17, 15) is 9.59 Å². The molecule has 1 aliphatic heterocycles. The second-order valence-electron chi connectivity index (χ2n) is 8.79. The lowest BCUT2D eigenvalue weighted by Crippen LogP contribution is -2.35. The summed E-state index contributed by atoms with van der Waals surface area (Å²) in [6.07, 6.45) is 1.64. The number of carbonyl (C=O) groups excluding carboxylic acids is 2. The van der Waals surface area contributed by atoms with Crippen molar-refractivity contribution in [1.82, 2.24) is 29.7 Å². The van der Waals surface area contributed by atoms with Gasteiger partial charge in [-0.3, -0.25) is 19.8 Å². The normalized spacial score (nSPS) is 14.5. The van der Waals surface area contributed by atoms with Crippen LogP contribution in [0.15, 0.2) is 30.3 Å². The third kappa shape index (κ3) is 5.12. The maximum absolute atomic E-state index is 13.1. The van der Waals surface area contributed by atoms with Gasteiger partial charge in [0.2, 0.25) is 5.95 Å². The van der Waals surface area contributed by atoms with Crippen LogP contribution in [0.2, 0.25) is 5.02 Å². The van der Waals surface area contributed by atoms with Crippen molar-refractivity contribution in [3.05, 3.63) is 52.3 Å². The third-order valence-corrected chi connectivity index (χ3v) is 6.52. The average Bonchev–Trinajstić information content (AvgIpc) is 3.45. The number of halogens is 1. The van der Waals surface area contributed by atoms with Crippen molar-refractivity contribution in [2.24, 2.45) is 0 Å². The lowest BCUT2D eigenvalue weighted by Gasteiger charge is -2.26. The molecular weight excluding hydrogens is 482 g/mol. The Labute approximate surface area is 213 Å². The minimum absolute atomic E-state index is 0.236. The number of aldehydes is 1.